The summed E-state index contributed by atoms with van der Waals surface area (Å²) in [6.45, 7) is 3.12. The quantitative estimate of drug-likeness (QED) is 0.451. The molecule has 124 valence electrons. The van der Waals surface area contributed by atoms with Crippen LogP contribution in [0.25, 0.3) is 0 Å². The molecule has 0 amide bonds. The highest BCUT2D eigenvalue weighted by molar-refractivity contribution is 5.51. The van der Waals surface area contributed by atoms with Crippen LogP contribution in [0.1, 0.15) is 77.6 Å². The fourth-order valence-electron chi connectivity index (χ4n) is 3.71. The first-order valence-corrected chi connectivity index (χ1v) is 9.23. The van der Waals surface area contributed by atoms with Crippen LogP contribution in [0, 0.1) is 5.41 Å². The first-order valence-electron chi connectivity index (χ1n) is 9.23. The van der Waals surface area contributed by atoms with Crippen LogP contribution in [-0.4, -0.2) is 6.61 Å². The average Bonchev–Trinajstić information content (AvgIpc) is 2.55. The Kier molecular flexibility index (Phi) is 7.08. The summed E-state index contributed by atoms with van der Waals surface area (Å²) in [5.41, 5.74) is 7.17. The SMILES string of the molecule is CCCCCCCC1(COc2ccccc2N)CCCCC1. The summed E-state index contributed by atoms with van der Waals surface area (Å²) < 4.78 is 6.13. The van der Waals surface area contributed by atoms with E-state index < -0.39 is 0 Å². The smallest absolute Gasteiger partial charge is 0.142 e. The lowest BCUT2D eigenvalue weighted by molar-refractivity contribution is 0.0847. The molecule has 1 aromatic rings. The van der Waals surface area contributed by atoms with Gasteiger partial charge in [-0.15, -0.1) is 0 Å². The molecule has 2 nitrogen and oxygen atoms in total. The van der Waals surface area contributed by atoms with Gasteiger partial charge in [-0.3, -0.25) is 0 Å². The van der Waals surface area contributed by atoms with Crippen molar-refractivity contribution in [3.05, 3.63) is 24.3 Å². The summed E-state index contributed by atoms with van der Waals surface area (Å²) in [5, 5.41) is 0. The second-order valence-corrected chi connectivity index (χ2v) is 7.05. The largest absolute Gasteiger partial charge is 0.491 e. The third kappa shape index (κ3) is 5.23. The highest BCUT2D eigenvalue weighted by Crippen LogP contribution is 2.41. The van der Waals surface area contributed by atoms with Crippen molar-refractivity contribution in [3.63, 3.8) is 0 Å². The van der Waals surface area contributed by atoms with Crippen LogP contribution in [0.15, 0.2) is 24.3 Å². The van der Waals surface area contributed by atoms with Crippen molar-refractivity contribution in [2.24, 2.45) is 5.41 Å². The van der Waals surface area contributed by atoms with Crippen molar-refractivity contribution in [1.29, 1.82) is 0 Å². The summed E-state index contributed by atoms with van der Waals surface area (Å²) >= 11 is 0. The van der Waals surface area contributed by atoms with Gasteiger partial charge in [0.25, 0.3) is 0 Å². The molecule has 0 atom stereocenters. The van der Waals surface area contributed by atoms with Crippen molar-refractivity contribution in [2.75, 3.05) is 12.3 Å². The van der Waals surface area contributed by atoms with Crippen molar-refractivity contribution in [3.8, 4) is 5.75 Å². The molecule has 0 aliphatic heterocycles. The number of unbranched alkanes of at least 4 members (excludes halogenated alkanes) is 4. The second kappa shape index (κ2) is 9.07. The molecule has 1 aromatic carbocycles. The van der Waals surface area contributed by atoms with Crippen LogP contribution < -0.4 is 10.5 Å². The van der Waals surface area contributed by atoms with E-state index in [1.54, 1.807) is 0 Å². The lowest BCUT2D eigenvalue weighted by Gasteiger charge is -2.37. The minimum Gasteiger partial charge on any atom is -0.491 e. The van der Waals surface area contributed by atoms with E-state index in [2.05, 4.69) is 6.92 Å². The molecule has 1 aliphatic carbocycles. The van der Waals surface area contributed by atoms with Gasteiger partial charge in [0.05, 0.1) is 12.3 Å². The molecular weight excluding hydrogens is 270 g/mol. The van der Waals surface area contributed by atoms with Gasteiger partial charge in [0.15, 0.2) is 0 Å². The van der Waals surface area contributed by atoms with Crippen LogP contribution in [0.4, 0.5) is 5.69 Å². The highest BCUT2D eigenvalue weighted by Gasteiger charge is 2.32. The van der Waals surface area contributed by atoms with Crippen LogP contribution in [0.5, 0.6) is 5.75 Å². The maximum Gasteiger partial charge on any atom is 0.142 e. The fraction of sp³-hybridized carbons (Fsp3) is 0.700. The molecule has 0 spiro atoms. The number of para-hydroxylation sites is 2. The molecule has 2 rings (SSSR count). The molecule has 0 heterocycles. The van der Waals surface area contributed by atoms with E-state index >= 15 is 0 Å². The number of hydrogen-bond donors (Lipinski definition) is 1. The molecule has 1 fully saturated rings. The van der Waals surface area contributed by atoms with Gasteiger partial charge < -0.3 is 10.5 Å². The molecule has 0 aromatic heterocycles. The maximum atomic E-state index is 6.13. The van der Waals surface area contributed by atoms with E-state index in [1.807, 2.05) is 24.3 Å². The Bertz CT molecular complexity index is 423. The molecule has 0 saturated heterocycles. The topological polar surface area (TPSA) is 35.2 Å². The number of nitrogens with two attached hydrogens (primary N) is 1. The third-order valence-electron chi connectivity index (χ3n) is 5.18. The molecule has 22 heavy (non-hydrogen) atoms. The van der Waals surface area contributed by atoms with E-state index in [4.69, 9.17) is 10.5 Å². The monoisotopic (exact) mass is 303 g/mol. The van der Waals surface area contributed by atoms with E-state index in [0.29, 0.717) is 5.41 Å². The van der Waals surface area contributed by atoms with E-state index in [-0.39, 0.29) is 0 Å². The van der Waals surface area contributed by atoms with Gasteiger partial charge >= 0.3 is 0 Å². The van der Waals surface area contributed by atoms with Crippen LogP contribution in [0.3, 0.4) is 0 Å². The van der Waals surface area contributed by atoms with Gasteiger partial charge in [0, 0.05) is 5.41 Å². The molecule has 0 unspecified atom stereocenters. The summed E-state index contributed by atoms with van der Waals surface area (Å²) in [7, 11) is 0. The van der Waals surface area contributed by atoms with Gasteiger partial charge in [-0.1, -0.05) is 70.4 Å². The maximum absolute atomic E-state index is 6.13. The Morgan fingerprint density at radius 2 is 1.73 bits per heavy atom. The number of ether oxygens (including phenoxy) is 1. The van der Waals surface area contributed by atoms with Crippen molar-refractivity contribution in [2.45, 2.75) is 77.6 Å². The molecule has 0 bridgehead atoms. The Hall–Kier alpha value is -1.18. The number of anilines is 1. The highest BCUT2D eigenvalue weighted by atomic mass is 16.5. The molecule has 2 heteroatoms. The van der Waals surface area contributed by atoms with Crippen molar-refractivity contribution < 1.29 is 4.74 Å². The Morgan fingerprint density at radius 3 is 2.45 bits per heavy atom. The van der Waals surface area contributed by atoms with E-state index in [9.17, 15) is 0 Å². The van der Waals surface area contributed by atoms with Crippen molar-refractivity contribution in [1.82, 2.24) is 0 Å². The van der Waals surface area contributed by atoms with Gasteiger partial charge in [0.1, 0.15) is 5.75 Å². The normalized spacial score (nSPS) is 17.3. The summed E-state index contributed by atoms with van der Waals surface area (Å²) in [6.07, 6.45) is 14.9. The molecule has 2 N–H and O–H groups in total. The number of rotatable bonds is 9. The predicted octanol–water partition coefficient (Wildman–Crippen LogP) is 5.96. The Balaban J connectivity index is 1.86. The predicted molar refractivity (Wildman–Crippen MR) is 95.2 cm³/mol. The summed E-state index contributed by atoms with van der Waals surface area (Å²) in [4.78, 5) is 0. The minimum atomic E-state index is 0.396. The zero-order chi connectivity index (χ0) is 15.7. The van der Waals surface area contributed by atoms with Gasteiger partial charge in [0.2, 0.25) is 0 Å². The molecule has 0 radical (unpaired) electrons. The number of nitrogen functional groups attached to an aromatic ring is 1. The molecule has 1 saturated carbocycles. The zero-order valence-corrected chi connectivity index (χ0v) is 14.3. The molecular formula is C20H33NO. The van der Waals surface area contributed by atoms with E-state index in [0.717, 1.165) is 18.0 Å². The minimum absolute atomic E-state index is 0.396. The van der Waals surface area contributed by atoms with Gasteiger partial charge in [-0.2, -0.15) is 0 Å². The first kappa shape index (κ1) is 17.2. The van der Waals surface area contributed by atoms with Crippen molar-refractivity contribution >= 4 is 5.69 Å². The number of hydrogen-bond acceptors (Lipinski definition) is 2. The van der Waals surface area contributed by atoms with E-state index in [1.165, 1.54) is 70.6 Å². The summed E-state index contributed by atoms with van der Waals surface area (Å²) in [6, 6.07) is 7.89. The van der Waals surface area contributed by atoms with Crippen LogP contribution in [-0.2, 0) is 0 Å². The average molecular weight is 303 g/mol. The van der Waals surface area contributed by atoms with Crippen LogP contribution >= 0.6 is 0 Å². The zero-order valence-electron chi connectivity index (χ0n) is 14.3. The first-order chi connectivity index (χ1) is 10.8. The number of benzene rings is 1. The Labute approximate surface area is 136 Å². The fourth-order valence-corrected chi connectivity index (χ4v) is 3.71. The summed E-state index contributed by atoms with van der Waals surface area (Å²) in [5.74, 6) is 0.860. The van der Waals surface area contributed by atoms with Gasteiger partial charge in [-0.05, 0) is 31.4 Å². The van der Waals surface area contributed by atoms with Gasteiger partial charge in [-0.25, -0.2) is 0 Å². The lowest BCUT2D eigenvalue weighted by Crippen LogP contribution is -2.31. The molecule has 1 aliphatic rings. The van der Waals surface area contributed by atoms with Crippen LogP contribution in [0.2, 0.25) is 0 Å². The third-order valence-corrected chi connectivity index (χ3v) is 5.18. The lowest BCUT2D eigenvalue weighted by atomic mass is 9.71. The second-order valence-electron chi connectivity index (χ2n) is 7.05. The Morgan fingerprint density at radius 1 is 1.00 bits per heavy atom. The standard InChI is InChI=1S/C20H33NO/c1-2-3-4-5-9-14-20(15-10-6-11-16-20)17-22-19-13-8-7-12-18(19)21/h7-8,12-13H,2-6,9-11,14-17,21H2,1H3.